The second-order valence-electron chi connectivity index (χ2n) is 2.05. The number of hydrogen-bond acceptors (Lipinski definition) is 2. The van der Waals surface area contributed by atoms with E-state index < -0.39 is 6.57 Å². The van der Waals surface area contributed by atoms with E-state index in [4.69, 9.17) is 27.3 Å². The Balaban J connectivity index is 2.74. The number of rotatable bonds is 2. The van der Waals surface area contributed by atoms with Crippen molar-refractivity contribution in [2.75, 3.05) is 0 Å². The molecular formula is C6H9N2OPS. The summed E-state index contributed by atoms with van der Waals surface area (Å²) in [6, 6.07) is 9.07. The van der Waals surface area contributed by atoms with E-state index in [1.807, 2.05) is 18.2 Å². The van der Waals surface area contributed by atoms with Gasteiger partial charge in [-0.1, -0.05) is 18.2 Å². The lowest BCUT2D eigenvalue weighted by Crippen LogP contribution is -2.10. The van der Waals surface area contributed by atoms with Crippen molar-refractivity contribution in [2.24, 2.45) is 11.0 Å². The molecule has 0 saturated carbocycles. The van der Waals surface area contributed by atoms with Crippen molar-refractivity contribution in [3.63, 3.8) is 0 Å². The van der Waals surface area contributed by atoms with Crippen molar-refractivity contribution in [1.29, 1.82) is 0 Å². The van der Waals surface area contributed by atoms with Crippen molar-refractivity contribution < 1.29 is 4.52 Å². The fraction of sp³-hybridized carbons (Fsp3) is 0. The minimum absolute atomic E-state index is 0.626. The fourth-order valence-corrected chi connectivity index (χ4v) is 1.36. The molecule has 11 heavy (non-hydrogen) atoms. The van der Waals surface area contributed by atoms with Crippen LogP contribution < -0.4 is 15.5 Å². The zero-order valence-corrected chi connectivity index (χ0v) is 7.52. The Morgan fingerprint density at radius 3 is 2.18 bits per heavy atom. The average Bonchev–Trinajstić information content (AvgIpc) is 1.85. The summed E-state index contributed by atoms with van der Waals surface area (Å²) in [5, 5.41) is 0. The van der Waals surface area contributed by atoms with Gasteiger partial charge in [0.1, 0.15) is 5.75 Å². The molecule has 0 saturated heterocycles. The Labute approximate surface area is 70.5 Å². The normalized spacial score (nSPS) is 11.1. The Hall–Kier alpha value is -0.410. The second kappa shape index (κ2) is 3.32. The number of nitrogens with two attached hydrogens (primary N) is 2. The lowest BCUT2D eigenvalue weighted by atomic mass is 10.3. The van der Waals surface area contributed by atoms with Crippen molar-refractivity contribution >= 4 is 18.4 Å². The van der Waals surface area contributed by atoms with E-state index >= 15 is 0 Å². The zero-order chi connectivity index (χ0) is 8.32. The largest absolute Gasteiger partial charge is 0.441 e. The first-order chi connectivity index (χ1) is 5.08. The molecule has 3 nitrogen and oxygen atoms in total. The Bertz CT molecular complexity index is 271. The summed E-state index contributed by atoms with van der Waals surface area (Å²) in [4.78, 5) is 0. The predicted octanol–water partition coefficient (Wildman–Crippen LogP) is 1.21. The van der Waals surface area contributed by atoms with E-state index in [0.717, 1.165) is 0 Å². The van der Waals surface area contributed by atoms with Crippen LogP contribution in [0, 0.1) is 0 Å². The Morgan fingerprint density at radius 1 is 1.18 bits per heavy atom. The van der Waals surface area contributed by atoms with Crippen molar-refractivity contribution in [3.8, 4) is 5.75 Å². The topological polar surface area (TPSA) is 61.3 Å². The molecule has 1 rings (SSSR count). The third-order valence-electron chi connectivity index (χ3n) is 0.991. The Morgan fingerprint density at radius 2 is 1.73 bits per heavy atom. The van der Waals surface area contributed by atoms with Crippen LogP contribution >= 0.6 is 6.57 Å². The summed E-state index contributed by atoms with van der Waals surface area (Å²) in [5.41, 5.74) is 10.7. The van der Waals surface area contributed by atoms with Crippen LogP contribution in [0.2, 0.25) is 0 Å². The standard InChI is InChI=1S/C6H9N2OPS/c7-10(8,11)9-6-4-2-1-3-5-6/h1-5H,(H4,7,8,11). The van der Waals surface area contributed by atoms with E-state index in [1.165, 1.54) is 0 Å². The third kappa shape index (κ3) is 3.49. The second-order valence-corrected chi connectivity index (χ2v) is 5.23. The molecule has 0 aliphatic carbocycles. The first-order valence-corrected chi connectivity index (χ1v) is 5.85. The van der Waals surface area contributed by atoms with Gasteiger partial charge in [0.25, 0.3) is 0 Å². The molecule has 0 unspecified atom stereocenters. The van der Waals surface area contributed by atoms with Crippen LogP contribution in [0.15, 0.2) is 30.3 Å². The quantitative estimate of drug-likeness (QED) is 0.685. The lowest BCUT2D eigenvalue weighted by Gasteiger charge is -2.11. The summed E-state index contributed by atoms with van der Waals surface area (Å²) >= 11 is 4.71. The molecule has 0 fully saturated rings. The number of benzene rings is 1. The molecule has 4 N–H and O–H groups in total. The summed E-state index contributed by atoms with van der Waals surface area (Å²) in [7, 11) is 0. The molecule has 1 aromatic rings. The van der Waals surface area contributed by atoms with Crippen LogP contribution in [0.3, 0.4) is 0 Å². The van der Waals surface area contributed by atoms with Gasteiger partial charge in [-0.3, -0.25) is 11.0 Å². The van der Waals surface area contributed by atoms with Gasteiger partial charge in [-0.05, 0) is 23.9 Å². The highest BCUT2D eigenvalue weighted by Gasteiger charge is 2.03. The van der Waals surface area contributed by atoms with E-state index in [0.29, 0.717) is 5.75 Å². The van der Waals surface area contributed by atoms with Crippen LogP contribution in [0.4, 0.5) is 0 Å². The highest BCUT2D eigenvalue weighted by Crippen LogP contribution is 2.29. The molecule has 0 aliphatic heterocycles. The highest BCUT2D eigenvalue weighted by molar-refractivity contribution is 8.10. The van der Waals surface area contributed by atoms with E-state index in [9.17, 15) is 0 Å². The molecule has 1 aromatic carbocycles. The summed E-state index contributed by atoms with van der Waals surface area (Å²) in [6.07, 6.45) is 0. The van der Waals surface area contributed by atoms with Gasteiger partial charge >= 0.3 is 0 Å². The highest BCUT2D eigenvalue weighted by atomic mass is 32.4. The van der Waals surface area contributed by atoms with Gasteiger partial charge in [0.15, 0.2) is 0 Å². The molecule has 0 amide bonds. The first-order valence-electron chi connectivity index (χ1n) is 3.00. The van der Waals surface area contributed by atoms with Crippen molar-refractivity contribution in [1.82, 2.24) is 0 Å². The van der Waals surface area contributed by atoms with Gasteiger partial charge in [-0.25, -0.2) is 0 Å². The molecular weight excluding hydrogens is 179 g/mol. The third-order valence-corrected chi connectivity index (χ3v) is 1.71. The van der Waals surface area contributed by atoms with Crippen molar-refractivity contribution in [3.05, 3.63) is 30.3 Å². The van der Waals surface area contributed by atoms with Crippen molar-refractivity contribution in [2.45, 2.75) is 0 Å². The molecule has 0 aliphatic rings. The van der Waals surface area contributed by atoms with Crippen LogP contribution in [-0.4, -0.2) is 0 Å². The van der Waals surface area contributed by atoms with Gasteiger partial charge < -0.3 is 4.52 Å². The van der Waals surface area contributed by atoms with Crippen LogP contribution in [0.5, 0.6) is 5.75 Å². The summed E-state index contributed by atoms with van der Waals surface area (Å²) in [6.45, 7) is -2.55. The van der Waals surface area contributed by atoms with Gasteiger partial charge in [-0.15, -0.1) is 0 Å². The predicted molar refractivity (Wildman–Crippen MR) is 49.7 cm³/mol. The van der Waals surface area contributed by atoms with Gasteiger partial charge in [0.2, 0.25) is 6.57 Å². The van der Waals surface area contributed by atoms with Gasteiger partial charge in [0, 0.05) is 0 Å². The van der Waals surface area contributed by atoms with Crippen LogP contribution in [0.1, 0.15) is 0 Å². The first kappa shape index (κ1) is 8.68. The molecule has 5 heteroatoms. The molecule has 0 atom stereocenters. The van der Waals surface area contributed by atoms with Gasteiger partial charge in [0.05, 0.1) is 0 Å². The maximum atomic E-state index is 5.35. The number of para-hydroxylation sites is 1. The minimum Gasteiger partial charge on any atom is -0.441 e. The molecule has 0 radical (unpaired) electrons. The van der Waals surface area contributed by atoms with Crippen LogP contribution in [0.25, 0.3) is 0 Å². The molecule has 0 spiro atoms. The fourth-order valence-electron chi connectivity index (χ4n) is 0.646. The zero-order valence-electron chi connectivity index (χ0n) is 5.81. The van der Waals surface area contributed by atoms with Gasteiger partial charge in [-0.2, -0.15) is 0 Å². The van der Waals surface area contributed by atoms with E-state index in [1.54, 1.807) is 12.1 Å². The molecule has 0 bridgehead atoms. The molecule has 0 aromatic heterocycles. The number of hydrogen-bond donors (Lipinski definition) is 2. The average molecular weight is 188 g/mol. The summed E-state index contributed by atoms with van der Waals surface area (Å²) < 4.78 is 5.08. The monoisotopic (exact) mass is 188 g/mol. The maximum absolute atomic E-state index is 5.35. The Kier molecular flexibility index (Phi) is 2.62. The van der Waals surface area contributed by atoms with Crippen LogP contribution in [-0.2, 0) is 11.8 Å². The smallest absolute Gasteiger partial charge is 0.242 e. The van der Waals surface area contributed by atoms with E-state index in [-0.39, 0.29) is 0 Å². The minimum atomic E-state index is -2.55. The van der Waals surface area contributed by atoms with E-state index in [2.05, 4.69) is 0 Å². The maximum Gasteiger partial charge on any atom is 0.242 e. The SMILES string of the molecule is NP(N)(=S)Oc1ccccc1. The lowest BCUT2D eigenvalue weighted by molar-refractivity contribution is 0.613. The molecule has 0 heterocycles. The molecule has 60 valence electrons. The summed E-state index contributed by atoms with van der Waals surface area (Å²) in [5.74, 6) is 0.626.